The van der Waals surface area contributed by atoms with E-state index in [1.54, 1.807) is 6.07 Å². The Balaban J connectivity index is 1.83. The molecule has 0 saturated heterocycles. The Kier molecular flexibility index (Phi) is 5.74. The van der Waals surface area contributed by atoms with Crippen LogP contribution in [0.15, 0.2) is 24.3 Å². The second-order valence-corrected chi connectivity index (χ2v) is 5.74. The lowest BCUT2D eigenvalue weighted by atomic mass is 9.85. The molecule has 1 fully saturated rings. The van der Waals surface area contributed by atoms with Crippen LogP contribution in [-0.2, 0) is 6.54 Å². The average molecular weight is 330 g/mol. The summed E-state index contributed by atoms with van der Waals surface area (Å²) in [6.07, 6.45) is -3.04. The van der Waals surface area contributed by atoms with Crippen molar-refractivity contribution in [2.75, 3.05) is 7.11 Å². The Bertz CT molecular complexity index is 534. The Morgan fingerprint density at radius 2 is 2.04 bits per heavy atom. The third-order valence-electron chi connectivity index (χ3n) is 4.10. The van der Waals surface area contributed by atoms with Crippen LogP contribution in [0.3, 0.4) is 0 Å². The zero-order valence-electron chi connectivity index (χ0n) is 13.0. The van der Waals surface area contributed by atoms with Gasteiger partial charge in [0, 0.05) is 18.2 Å². The minimum Gasteiger partial charge on any atom is -0.496 e. The molecule has 2 rings (SSSR count). The SMILES string of the molecule is COc1ccccc1CNC(=O)N[C@H]1CCC[C@@H](C(F)(F)F)C1. The molecule has 2 atom stereocenters. The molecule has 0 spiro atoms. The van der Waals surface area contributed by atoms with Gasteiger partial charge in [-0.3, -0.25) is 0 Å². The Morgan fingerprint density at radius 3 is 2.74 bits per heavy atom. The predicted molar refractivity (Wildman–Crippen MR) is 80.2 cm³/mol. The summed E-state index contributed by atoms with van der Waals surface area (Å²) in [5.41, 5.74) is 0.807. The summed E-state index contributed by atoms with van der Waals surface area (Å²) < 4.78 is 43.5. The maximum Gasteiger partial charge on any atom is 0.391 e. The van der Waals surface area contributed by atoms with Gasteiger partial charge in [-0.15, -0.1) is 0 Å². The molecule has 1 aliphatic carbocycles. The molecular weight excluding hydrogens is 309 g/mol. The van der Waals surface area contributed by atoms with Gasteiger partial charge in [0.1, 0.15) is 5.75 Å². The molecule has 0 unspecified atom stereocenters. The van der Waals surface area contributed by atoms with Crippen LogP contribution in [0, 0.1) is 5.92 Å². The number of hydrogen-bond acceptors (Lipinski definition) is 2. The van der Waals surface area contributed by atoms with Gasteiger partial charge in [0.25, 0.3) is 0 Å². The molecule has 0 bridgehead atoms. The summed E-state index contributed by atoms with van der Waals surface area (Å²) in [7, 11) is 1.54. The quantitative estimate of drug-likeness (QED) is 0.886. The Hall–Kier alpha value is -1.92. The molecule has 1 aromatic carbocycles. The number of nitrogens with one attached hydrogen (secondary N) is 2. The van der Waals surface area contributed by atoms with E-state index in [0.29, 0.717) is 18.6 Å². The zero-order valence-corrected chi connectivity index (χ0v) is 13.0. The van der Waals surface area contributed by atoms with Crippen LogP contribution >= 0.6 is 0 Å². The Labute approximate surface area is 133 Å². The topological polar surface area (TPSA) is 50.4 Å². The number of methoxy groups -OCH3 is 1. The van der Waals surface area contributed by atoms with E-state index < -0.39 is 24.2 Å². The molecule has 1 saturated carbocycles. The van der Waals surface area contributed by atoms with Crippen molar-refractivity contribution in [2.24, 2.45) is 5.92 Å². The summed E-state index contributed by atoms with van der Waals surface area (Å²) in [4.78, 5) is 11.9. The van der Waals surface area contributed by atoms with E-state index in [2.05, 4.69) is 10.6 Å². The minimum atomic E-state index is -4.19. The molecule has 0 aliphatic heterocycles. The van der Waals surface area contributed by atoms with Crippen molar-refractivity contribution >= 4 is 6.03 Å². The maximum atomic E-state index is 12.8. The van der Waals surface area contributed by atoms with Crippen LogP contribution in [0.4, 0.5) is 18.0 Å². The molecule has 0 radical (unpaired) electrons. The number of carbonyl (C=O) groups excluding carboxylic acids is 1. The van der Waals surface area contributed by atoms with E-state index >= 15 is 0 Å². The van der Waals surface area contributed by atoms with E-state index in [1.807, 2.05) is 18.2 Å². The number of para-hydroxylation sites is 1. The Morgan fingerprint density at radius 1 is 1.30 bits per heavy atom. The number of alkyl halides is 3. The summed E-state index contributed by atoms with van der Waals surface area (Å²) in [6.45, 7) is 0.255. The predicted octanol–water partition coefficient (Wildman–Crippen LogP) is 3.62. The van der Waals surface area contributed by atoms with Gasteiger partial charge in [-0.25, -0.2) is 4.79 Å². The van der Waals surface area contributed by atoms with E-state index in [4.69, 9.17) is 4.74 Å². The first-order chi connectivity index (χ1) is 10.9. The van der Waals surface area contributed by atoms with Gasteiger partial charge < -0.3 is 15.4 Å². The highest BCUT2D eigenvalue weighted by molar-refractivity contribution is 5.74. The number of rotatable bonds is 4. The average Bonchev–Trinajstić information content (AvgIpc) is 2.52. The summed E-state index contributed by atoms with van der Waals surface area (Å²) in [5, 5.41) is 5.30. The highest BCUT2D eigenvalue weighted by Crippen LogP contribution is 2.37. The van der Waals surface area contributed by atoms with Crippen molar-refractivity contribution in [2.45, 2.75) is 44.4 Å². The second kappa shape index (κ2) is 7.57. The van der Waals surface area contributed by atoms with Crippen molar-refractivity contribution in [3.05, 3.63) is 29.8 Å². The highest BCUT2D eigenvalue weighted by atomic mass is 19.4. The molecular formula is C16H21F3N2O2. The first-order valence-electron chi connectivity index (χ1n) is 7.63. The second-order valence-electron chi connectivity index (χ2n) is 5.74. The number of carbonyl (C=O) groups is 1. The van der Waals surface area contributed by atoms with Crippen LogP contribution in [0.5, 0.6) is 5.75 Å². The number of ether oxygens (including phenoxy) is 1. The van der Waals surface area contributed by atoms with Gasteiger partial charge in [-0.2, -0.15) is 13.2 Å². The summed E-state index contributed by atoms with van der Waals surface area (Å²) >= 11 is 0. The molecule has 2 amide bonds. The third kappa shape index (κ3) is 5.04. The molecule has 1 aliphatic rings. The fourth-order valence-electron chi connectivity index (χ4n) is 2.88. The van der Waals surface area contributed by atoms with Crippen LogP contribution in [0.1, 0.15) is 31.2 Å². The van der Waals surface area contributed by atoms with Gasteiger partial charge in [0.05, 0.1) is 13.0 Å². The van der Waals surface area contributed by atoms with Gasteiger partial charge in [0.15, 0.2) is 0 Å². The highest BCUT2D eigenvalue weighted by Gasteiger charge is 2.42. The number of benzene rings is 1. The first kappa shape index (κ1) is 17.4. The summed E-state index contributed by atoms with van der Waals surface area (Å²) in [6, 6.07) is 6.36. The van der Waals surface area contributed by atoms with Gasteiger partial charge in [-0.05, 0) is 25.3 Å². The largest absolute Gasteiger partial charge is 0.496 e. The molecule has 2 N–H and O–H groups in total. The fraction of sp³-hybridized carbons (Fsp3) is 0.562. The van der Waals surface area contributed by atoms with Crippen molar-refractivity contribution in [1.82, 2.24) is 10.6 Å². The summed E-state index contributed by atoms with van der Waals surface area (Å²) in [5.74, 6) is -0.668. The van der Waals surface area contributed by atoms with E-state index in [0.717, 1.165) is 5.56 Å². The van der Waals surface area contributed by atoms with Gasteiger partial charge in [-0.1, -0.05) is 24.6 Å². The van der Waals surface area contributed by atoms with E-state index in [9.17, 15) is 18.0 Å². The first-order valence-corrected chi connectivity index (χ1v) is 7.63. The van der Waals surface area contributed by atoms with Crippen molar-refractivity contribution < 1.29 is 22.7 Å². The number of hydrogen-bond donors (Lipinski definition) is 2. The molecule has 23 heavy (non-hydrogen) atoms. The normalized spacial score (nSPS) is 21.6. The van der Waals surface area contributed by atoms with Crippen molar-refractivity contribution in [3.63, 3.8) is 0 Å². The maximum absolute atomic E-state index is 12.8. The molecule has 128 valence electrons. The number of amides is 2. The molecule has 7 heteroatoms. The van der Waals surface area contributed by atoms with E-state index in [-0.39, 0.29) is 19.4 Å². The number of urea groups is 1. The standard InChI is InChI=1S/C16H21F3N2O2/c1-23-14-8-3-2-5-11(14)10-20-15(22)21-13-7-4-6-12(9-13)16(17,18)19/h2-3,5,8,12-13H,4,6-7,9-10H2,1H3,(H2,20,21,22)/t12-,13+/m1/s1. The van der Waals surface area contributed by atoms with Crippen LogP contribution in [-0.4, -0.2) is 25.4 Å². The third-order valence-corrected chi connectivity index (χ3v) is 4.10. The van der Waals surface area contributed by atoms with Gasteiger partial charge in [0.2, 0.25) is 0 Å². The van der Waals surface area contributed by atoms with E-state index in [1.165, 1.54) is 7.11 Å². The van der Waals surface area contributed by atoms with Crippen LogP contribution in [0.2, 0.25) is 0 Å². The number of halogens is 3. The lowest BCUT2D eigenvalue weighted by molar-refractivity contribution is -0.183. The lowest BCUT2D eigenvalue weighted by Gasteiger charge is -2.31. The lowest BCUT2D eigenvalue weighted by Crippen LogP contribution is -2.45. The molecule has 0 aromatic heterocycles. The molecule has 4 nitrogen and oxygen atoms in total. The fourth-order valence-corrected chi connectivity index (χ4v) is 2.88. The zero-order chi connectivity index (χ0) is 16.9. The molecule has 1 aromatic rings. The smallest absolute Gasteiger partial charge is 0.391 e. The minimum absolute atomic E-state index is 0.0500. The van der Waals surface area contributed by atoms with Gasteiger partial charge >= 0.3 is 12.2 Å². The monoisotopic (exact) mass is 330 g/mol. The van der Waals surface area contributed by atoms with Crippen molar-refractivity contribution in [1.29, 1.82) is 0 Å². The van der Waals surface area contributed by atoms with Crippen LogP contribution < -0.4 is 15.4 Å². The van der Waals surface area contributed by atoms with Crippen molar-refractivity contribution in [3.8, 4) is 5.75 Å². The van der Waals surface area contributed by atoms with Crippen LogP contribution in [0.25, 0.3) is 0 Å². The molecule has 0 heterocycles.